The third kappa shape index (κ3) is 2.85. The fraction of sp³-hybridized carbons (Fsp3) is 0.231. The Morgan fingerprint density at radius 1 is 1.53 bits per heavy atom. The van der Waals surface area contributed by atoms with Gasteiger partial charge in [0, 0.05) is 27.9 Å². The predicted molar refractivity (Wildman–Crippen MR) is 76.7 cm³/mol. The summed E-state index contributed by atoms with van der Waals surface area (Å²) >= 11 is 1.54. The van der Waals surface area contributed by atoms with Crippen LogP contribution in [0.25, 0.3) is 10.1 Å². The van der Waals surface area contributed by atoms with E-state index in [1.807, 2.05) is 29.6 Å². The van der Waals surface area contributed by atoms with Gasteiger partial charge < -0.3 is 16.3 Å². The van der Waals surface area contributed by atoms with Gasteiger partial charge in [0.15, 0.2) is 0 Å². The number of nitrogens with two attached hydrogens (primary N) is 1. The maximum Gasteiger partial charge on any atom is 0.252 e. The molecule has 100 valence electrons. The lowest BCUT2D eigenvalue weighted by molar-refractivity contribution is 0.0953. The second-order valence-corrected chi connectivity index (χ2v) is 5.19. The fourth-order valence-corrected chi connectivity index (χ4v) is 2.64. The van der Waals surface area contributed by atoms with Crippen molar-refractivity contribution in [3.05, 3.63) is 35.2 Å². The Hall–Kier alpha value is -2.08. The van der Waals surface area contributed by atoms with Crippen molar-refractivity contribution in [3.8, 4) is 0 Å². The van der Waals surface area contributed by atoms with Crippen LogP contribution in [0.5, 0.6) is 0 Å². The number of carbonyl (C=O) groups is 1. The van der Waals surface area contributed by atoms with Crippen LogP contribution in [-0.4, -0.2) is 23.5 Å². The highest BCUT2D eigenvalue weighted by molar-refractivity contribution is 7.17. The van der Waals surface area contributed by atoms with Gasteiger partial charge in [-0.1, -0.05) is 30.3 Å². The summed E-state index contributed by atoms with van der Waals surface area (Å²) in [6, 6.07) is 7.76. The molecule has 0 aliphatic rings. The second kappa shape index (κ2) is 5.71. The summed E-state index contributed by atoms with van der Waals surface area (Å²) < 4.78 is 1.08. The Morgan fingerprint density at radius 3 is 3.00 bits per heavy atom. The van der Waals surface area contributed by atoms with E-state index in [1.165, 1.54) is 11.3 Å². The molecule has 2 rings (SSSR count). The van der Waals surface area contributed by atoms with Crippen LogP contribution < -0.4 is 11.1 Å². The first-order valence-electron chi connectivity index (χ1n) is 5.85. The summed E-state index contributed by atoms with van der Waals surface area (Å²) in [5, 5.41) is 17.0. The highest BCUT2D eigenvalue weighted by Crippen LogP contribution is 2.25. The smallest absolute Gasteiger partial charge is 0.252 e. The van der Waals surface area contributed by atoms with Crippen molar-refractivity contribution in [1.29, 1.82) is 0 Å². The number of fused-ring (bicyclic) bond motifs is 1. The van der Waals surface area contributed by atoms with Crippen LogP contribution in [0.4, 0.5) is 0 Å². The van der Waals surface area contributed by atoms with Gasteiger partial charge >= 0.3 is 0 Å². The average Bonchev–Trinajstić information content (AvgIpc) is 2.87. The van der Waals surface area contributed by atoms with Gasteiger partial charge in [-0.25, -0.2) is 0 Å². The van der Waals surface area contributed by atoms with Crippen molar-refractivity contribution in [3.63, 3.8) is 0 Å². The van der Waals surface area contributed by atoms with Crippen LogP contribution in [-0.2, 0) is 0 Å². The number of thiophene rings is 1. The highest BCUT2D eigenvalue weighted by atomic mass is 32.1. The molecular formula is C13H15N3O2S. The van der Waals surface area contributed by atoms with E-state index in [2.05, 4.69) is 10.5 Å². The zero-order valence-electron chi connectivity index (χ0n) is 10.5. The van der Waals surface area contributed by atoms with Gasteiger partial charge in [-0.05, 0) is 6.07 Å². The van der Waals surface area contributed by atoms with E-state index < -0.39 is 0 Å². The van der Waals surface area contributed by atoms with Crippen molar-refractivity contribution in [2.45, 2.75) is 6.92 Å². The highest BCUT2D eigenvalue weighted by Gasteiger charge is 2.14. The Balaban J connectivity index is 2.08. The Morgan fingerprint density at radius 2 is 2.26 bits per heavy atom. The third-order valence-electron chi connectivity index (χ3n) is 2.91. The minimum absolute atomic E-state index is 0.107. The van der Waals surface area contributed by atoms with Crippen molar-refractivity contribution < 1.29 is 10.0 Å². The molecule has 1 heterocycles. The summed E-state index contributed by atoms with van der Waals surface area (Å²) in [5.74, 6) is -0.246. The number of benzene rings is 1. The van der Waals surface area contributed by atoms with E-state index >= 15 is 0 Å². The van der Waals surface area contributed by atoms with Crippen LogP contribution in [0, 0.1) is 5.92 Å². The molecule has 0 aliphatic carbocycles. The number of nitrogens with zero attached hydrogens (tertiary/aromatic N) is 1. The largest absolute Gasteiger partial charge is 0.409 e. The zero-order chi connectivity index (χ0) is 13.8. The van der Waals surface area contributed by atoms with E-state index in [9.17, 15) is 4.79 Å². The number of amides is 1. The minimum Gasteiger partial charge on any atom is -0.409 e. The number of oxime groups is 1. The molecular weight excluding hydrogens is 262 g/mol. The lowest BCUT2D eigenvalue weighted by atomic mass is 10.1. The first-order valence-corrected chi connectivity index (χ1v) is 6.73. The fourth-order valence-electron chi connectivity index (χ4n) is 1.70. The van der Waals surface area contributed by atoms with E-state index in [0.717, 1.165) is 10.1 Å². The number of nitrogens with one attached hydrogen (secondary N) is 1. The number of amidine groups is 1. The van der Waals surface area contributed by atoms with Crippen LogP contribution >= 0.6 is 11.3 Å². The van der Waals surface area contributed by atoms with E-state index in [0.29, 0.717) is 12.1 Å². The van der Waals surface area contributed by atoms with Gasteiger partial charge in [0.25, 0.3) is 5.91 Å². The molecule has 0 saturated heterocycles. The molecule has 5 nitrogen and oxygen atoms in total. The molecule has 1 atom stereocenters. The van der Waals surface area contributed by atoms with E-state index in [1.54, 1.807) is 6.92 Å². The van der Waals surface area contributed by atoms with Gasteiger partial charge in [0.1, 0.15) is 5.84 Å². The van der Waals surface area contributed by atoms with Crippen LogP contribution in [0.2, 0.25) is 0 Å². The van der Waals surface area contributed by atoms with Crippen molar-refractivity contribution >= 4 is 33.2 Å². The Bertz CT molecular complexity index is 621. The van der Waals surface area contributed by atoms with Gasteiger partial charge in [-0.15, -0.1) is 11.3 Å². The summed E-state index contributed by atoms with van der Waals surface area (Å²) in [6.07, 6.45) is 0. The number of carbonyl (C=O) groups excluding carboxylic acids is 1. The van der Waals surface area contributed by atoms with Crippen molar-refractivity contribution in [1.82, 2.24) is 5.32 Å². The SMILES string of the molecule is CC(CNC(=O)c1csc2ccccc12)C(N)=NO. The molecule has 1 unspecified atom stereocenters. The summed E-state index contributed by atoms with van der Waals surface area (Å²) in [6.45, 7) is 2.11. The normalized spacial score (nSPS) is 13.4. The van der Waals surface area contributed by atoms with Gasteiger partial charge in [0.05, 0.1) is 5.56 Å². The van der Waals surface area contributed by atoms with E-state index in [-0.39, 0.29) is 17.7 Å². The summed E-state index contributed by atoms with van der Waals surface area (Å²) in [4.78, 5) is 12.1. The molecule has 0 spiro atoms. The maximum absolute atomic E-state index is 12.1. The quantitative estimate of drug-likeness (QED) is 0.346. The first kappa shape index (κ1) is 13.4. The molecule has 1 aromatic carbocycles. The zero-order valence-corrected chi connectivity index (χ0v) is 11.3. The Labute approximate surface area is 114 Å². The molecule has 4 N–H and O–H groups in total. The topological polar surface area (TPSA) is 87.7 Å². The molecule has 0 aliphatic heterocycles. The van der Waals surface area contributed by atoms with Crippen LogP contribution in [0.1, 0.15) is 17.3 Å². The maximum atomic E-state index is 12.1. The van der Waals surface area contributed by atoms with Crippen LogP contribution in [0.3, 0.4) is 0 Å². The van der Waals surface area contributed by atoms with Gasteiger partial charge in [-0.3, -0.25) is 4.79 Å². The lowest BCUT2D eigenvalue weighted by Crippen LogP contribution is -2.34. The number of hydrogen-bond acceptors (Lipinski definition) is 4. The standard InChI is InChI=1S/C13H15N3O2S/c1-8(12(14)16-18)6-15-13(17)10-7-19-11-5-3-2-4-9(10)11/h2-5,7-8,18H,6H2,1H3,(H2,14,16)(H,15,17). The molecule has 0 fully saturated rings. The molecule has 0 saturated carbocycles. The average molecular weight is 277 g/mol. The van der Waals surface area contributed by atoms with Crippen molar-refractivity contribution in [2.24, 2.45) is 16.8 Å². The number of rotatable bonds is 4. The monoisotopic (exact) mass is 277 g/mol. The van der Waals surface area contributed by atoms with Crippen LogP contribution in [0.15, 0.2) is 34.8 Å². The minimum atomic E-state index is -0.209. The molecule has 6 heteroatoms. The van der Waals surface area contributed by atoms with E-state index in [4.69, 9.17) is 10.9 Å². The molecule has 19 heavy (non-hydrogen) atoms. The Kier molecular flexibility index (Phi) is 4.01. The van der Waals surface area contributed by atoms with Gasteiger partial charge in [-0.2, -0.15) is 0 Å². The number of hydrogen-bond donors (Lipinski definition) is 3. The molecule has 0 bridgehead atoms. The second-order valence-electron chi connectivity index (χ2n) is 4.28. The summed E-state index contributed by atoms with van der Waals surface area (Å²) in [5.41, 5.74) is 6.12. The molecule has 2 aromatic rings. The van der Waals surface area contributed by atoms with Gasteiger partial charge in [0.2, 0.25) is 0 Å². The molecule has 1 aromatic heterocycles. The molecule has 1 amide bonds. The molecule has 0 radical (unpaired) electrons. The predicted octanol–water partition coefficient (Wildman–Crippen LogP) is 2.01. The van der Waals surface area contributed by atoms with Crippen molar-refractivity contribution in [2.75, 3.05) is 6.54 Å². The first-order chi connectivity index (χ1) is 9.13. The third-order valence-corrected chi connectivity index (χ3v) is 3.88. The lowest BCUT2D eigenvalue weighted by Gasteiger charge is -2.10. The summed E-state index contributed by atoms with van der Waals surface area (Å²) in [7, 11) is 0.